The Hall–Kier alpha value is -2.83. The topological polar surface area (TPSA) is 94.9 Å². The summed E-state index contributed by atoms with van der Waals surface area (Å²) >= 11 is 0. The van der Waals surface area contributed by atoms with Gasteiger partial charge < -0.3 is 26.3 Å². The molecule has 0 spiro atoms. The minimum atomic E-state index is -0.201. The van der Waals surface area contributed by atoms with Crippen molar-refractivity contribution in [2.75, 3.05) is 18.5 Å². The second kappa shape index (κ2) is 9.39. The molecule has 5 N–H and O–H groups in total. The lowest BCUT2D eigenvalue weighted by atomic mass is 9.93. The molecule has 148 valence electrons. The Kier molecular flexibility index (Phi) is 6.68. The van der Waals surface area contributed by atoms with E-state index in [1.54, 1.807) is 0 Å². The summed E-state index contributed by atoms with van der Waals surface area (Å²) in [5.74, 6) is 1.67. The second-order valence-electron chi connectivity index (χ2n) is 6.59. The summed E-state index contributed by atoms with van der Waals surface area (Å²) in [5, 5.41) is 3.39. The molecule has 6 heteroatoms. The third-order valence-corrected chi connectivity index (χ3v) is 4.45. The zero-order valence-corrected chi connectivity index (χ0v) is 16.4. The van der Waals surface area contributed by atoms with Crippen LogP contribution in [-0.2, 0) is 0 Å². The highest BCUT2D eigenvalue weighted by atomic mass is 16.5. The first kappa shape index (κ1) is 19.9. The van der Waals surface area contributed by atoms with Crippen LogP contribution in [0.15, 0.2) is 65.3 Å². The molecule has 0 aliphatic heterocycles. The fourth-order valence-corrected chi connectivity index (χ4v) is 3.04. The van der Waals surface area contributed by atoms with E-state index in [1.807, 2.05) is 68.5 Å². The second-order valence-corrected chi connectivity index (χ2v) is 6.59. The van der Waals surface area contributed by atoms with E-state index in [2.05, 4.69) is 5.32 Å². The van der Waals surface area contributed by atoms with E-state index in [4.69, 9.17) is 25.9 Å². The zero-order chi connectivity index (χ0) is 19.9. The van der Waals surface area contributed by atoms with Gasteiger partial charge in [-0.1, -0.05) is 0 Å². The minimum Gasteiger partial charge on any atom is -0.494 e. The average Bonchev–Trinajstić information content (AvgIpc) is 2.69. The highest BCUT2D eigenvalue weighted by molar-refractivity contribution is 6.02. The van der Waals surface area contributed by atoms with Gasteiger partial charge in [-0.25, -0.2) is 0 Å². The molecule has 2 atom stereocenters. The molecular formula is C22H28N4O2. The van der Waals surface area contributed by atoms with Gasteiger partial charge in [0, 0.05) is 23.5 Å². The van der Waals surface area contributed by atoms with Gasteiger partial charge in [0.1, 0.15) is 11.5 Å². The molecular weight excluding hydrogens is 352 g/mol. The van der Waals surface area contributed by atoms with Crippen molar-refractivity contribution < 1.29 is 9.47 Å². The average molecular weight is 380 g/mol. The number of nitrogens with zero attached hydrogens (tertiary/aromatic N) is 1. The SMILES string of the molecule is CCOc1ccc(N=C2C=C(Nc3ccc(OCC)cc3)C(N)CC2N)cc1. The molecule has 2 aromatic carbocycles. The molecule has 0 saturated carbocycles. The maximum Gasteiger partial charge on any atom is 0.119 e. The number of anilines is 1. The van der Waals surface area contributed by atoms with Crippen molar-refractivity contribution in [3.8, 4) is 11.5 Å². The summed E-state index contributed by atoms with van der Waals surface area (Å²) in [6.45, 7) is 5.21. The smallest absolute Gasteiger partial charge is 0.119 e. The first-order chi connectivity index (χ1) is 13.6. The van der Waals surface area contributed by atoms with Crippen molar-refractivity contribution in [2.24, 2.45) is 16.5 Å². The Morgan fingerprint density at radius 2 is 1.46 bits per heavy atom. The summed E-state index contributed by atoms with van der Waals surface area (Å²) in [6.07, 6.45) is 2.58. The van der Waals surface area contributed by atoms with E-state index >= 15 is 0 Å². The number of ether oxygens (including phenoxy) is 2. The van der Waals surface area contributed by atoms with E-state index in [-0.39, 0.29) is 12.1 Å². The van der Waals surface area contributed by atoms with Crippen LogP contribution < -0.4 is 26.3 Å². The summed E-state index contributed by atoms with van der Waals surface area (Å²) in [7, 11) is 0. The summed E-state index contributed by atoms with van der Waals surface area (Å²) in [4.78, 5) is 4.71. The van der Waals surface area contributed by atoms with Crippen molar-refractivity contribution in [2.45, 2.75) is 32.4 Å². The van der Waals surface area contributed by atoms with Crippen molar-refractivity contribution in [3.05, 3.63) is 60.3 Å². The molecule has 0 bridgehead atoms. The number of nitrogens with one attached hydrogen (secondary N) is 1. The fraction of sp³-hybridized carbons (Fsp3) is 0.318. The number of hydrogen-bond acceptors (Lipinski definition) is 6. The van der Waals surface area contributed by atoms with Crippen molar-refractivity contribution in [1.82, 2.24) is 0 Å². The molecule has 0 fully saturated rings. The van der Waals surface area contributed by atoms with Gasteiger partial charge in [0.2, 0.25) is 0 Å². The van der Waals surface area contributed by atoms with Gasteiger partial charge in [-0.3, -0.25) is 4.99 Å². The van der Waals surface area contributed by atoms with Crippen LogP contribution in [0.3, 0.4) is 0 Å². The maximum atomic E-state index is 6.30. The molecule has 2 aromatic rings. The van der Waals surface area contributed by atoms with Gasteiger partial charge >= 0.3 is 0 Å². The Morgan fingerprint density at radius 3 is 2.04 bits per heavy atom. The predicted molar refractivity (Wildman–Crippen MR) is 115 cm³/mol. The van der Waals surface area contributed by atoms with Crippen LogP contribution in [0.2, 0.25) is 0 Å². The Bertz CT molecular complexity index is 829. The predicted octanol–water partition coefficient (Wildman–Crippen LogP) is 3.61. The van der Waals surface area contributed by atoms with Gasteiger partial charge in [-0.2, -0.15) is 0 Å². The monoisotopic (exact) mass is 380 g/mol. The van der Waals surface area contributed by atoms with E-state index in [1.165, 1.54) is 0 Å². The number of hydrogen-bond donors (Lipinski definition) is 3. The van der Waals surface area contributed by atoms with Gasteiger partial charge in [-0.05, 0) is 74.9 Å². The molecule has 3 rings (SSSR count). The number of rotatable bonds is 7. The van der Waals surface area contributed by atoms with Crippen LogP contribution in [0.1, 0.15) is 20.3 Å². The number of benzene rings is 2. The van der Waals surface area contributed by atoms with Crippen molar-refractivity contribution >= 4 is 17.1 Å². The quantitative estimate of drug-likeness (QED) is 0.682. The standard InChI is InChI=1S/C22H28N4O2/c1-3-27-17-9-5-15(6-10-17)25-21-14-22(20(24)13-19(21)23)26-16-7-11-18(12-8-16)28-4-2/h5-12,14,19-20,25H,3-4,13,23-24H2,1-2H3. The maximum absolute atomic E-state index is 6.30. The largest absolute Gasteiger partial charge is 0.494 e. The normalized spacial score (nSPS) is 20.6. The van der Waals surface area contributed by atoms with E-state index in [0.717, 1.165) is 34.3 Å². The summed E-state index contributed by atoms with van der Waals surface area (Å²) in [6, 6.07) is 15.1. The van der Waals surface area contributed by atoms with Crippen LogP contribution in [0, 0.1) is 0 Å². The Morgan fingerprint density at radius 1 is 0.893 bits per heavy atom. The first-order valence-electron chi connectivity index (χ1n) is 9.63. The Labute approximate surface area is 166 Å². The lowest BCUT2D eigenvalue weighted by molar-refractivity contribution is 0.340. The van der Waals surface area contributed by atoms with E-state index < -0.39 is 0 Å². The van der Waals surface area contributed by atoms with Gasteiger partial charge in [0.25, 0.3) is 0 Å². The van der Waals surface area contributed by atoms with Crippen molar-refractivity contribution in [1.29, 1.82) is 0 Å². The molecule has 28 heavy (non-hydrogen) atoms. The molecule has 0 amide bonds. The zero-order valence-electron chi connectivity index (χ0n) is 16.4. The molecule has 0 heterocycles. The first-order valence-corrected chi connectivity index (χ1v) is 9.63. The summed E-state index contributed by atoms with van der Waals surface area (Å²) in [5.41, 5.74) is 16.1. The fourth-order valence-electron chi connectivity index (χ4n) is 3.04. The molecule has 0 saturated heterocycles. The van der Waals surface area contributed by atoms with Crippen LogP contribution in [0.25, 0.3) is 0 Å². The highest BCUT2D eigenvalue weighted by Gasteiger charge is 2.24. The molecule has 2 unspecified atom stereocenters. The third kappa shape index (κ3) is 5.12. The molecule has 0 radical (unpaired) electrons. The number of nitrogens with two attached hydrogens (primary N) is 2. The van der Waals surface area contributed by atoms with E-state index in [0.29, 0.717) is 19.6 Å². The van der Waals surface area contributed by atoms with Gasteiger partial charge in [0.15, 0.2) is 0 Å². The minimum absolute atomic E-state index is 0.166. The van der Waals surface area contributed by atoms with Crippen LogP contribution in [-0.4, -0.2) is 31.0 Å². The van der Waals surface area contributed by atoms with Gasteiger partial charge in [-0.15, -0.1) is 0 Å². The van der Waals surface area contributed by atoms with E-state index in [9.17, 15) is 0 Å². The molecule has 1 aliphatic carbocycles. The van der Waals surface area contributed by atoms with Crippen LogP contribution >= 0.6 is 0 Å². The lowest BCUT2D eigenvalue weighted by Gasteiger charge is -2.27. The number of aliphatic imine (C=N–C) groups is 1. The lowest BCUT2D eigenvalue weighted by Crippen LogP contribution is -2.43. The Balaban J connectivity index is 1.78. The van der Waals surface area contributed by atoms with Crippen LogP contribution in [0.4, 0.5) is 11.4 Å². The highest BCUT2D eigenvalue weighted by Crippen LogP contribution is 2.24. The molecule has 1 aliphatic rings. The summed E-state index contributed by atoms with van der Waals surface area (Å²) < 4.78 is 11.0. The third-order valence-electron chi connectivity index (χ3n) is 4.45. The molecule has 0 aromatic heterocycles. The van der Waals surface area contributed by atoms with Crippen LogP contribution in [0.5, 0.6) is 11.5 Å². The molecule has 6 nitrogen and oxygen atoms in total. The van der Waals surface area contributed by atoms with Crippen molar-refractivity contribution in [3.63, 3.8) is 0 Å². The van der Waals surface area contributed by atoms with Gasteiger partial charge in [0.05, 0.1) is 24.6 Å².